The van der Waals surface area contributed by atoms with Crippen LogP contribution in [-0.2, 0) is 0 Å². The molecule has 0 radical (unpaired) electrons. The Balaban J connectivity index is 0. The first-order valence-corrected chi connectivity index (χ1v) is 11.1. The van der Waals surface area contributed by atoms with Crippen molar-refractivity contribution in [1.29, 1.82) is 0 Å². The van der Waals surface area contributed by atoms with Gasteiger partial charge in [0, 0.05) is 0 Å². The van der Waals surface area contributed by atoms with Crippen LogP contribution in [0.3, 0.4) is 0 Å². The Morgan fingerprint density at radius 1 is 0.458 bits per heavy atom. The van der Waals surface area contributed by atoms with Gasteiger partial charge in [-0.2, -0.15) is 0 Å². The molecule has 0 atom stereocenters. The van der Waals surface area contributed by atoms with Crippen molar-refractivity contribution >= 4 is 0 Å². The van der Waals surface area contributed by atoms with E-state index in [-0.39, 0.29) is 12.4 Å². The molecule has 0 saturated carbocycles. The highest BCUT2D eigenvalue weighted by atomic mass is 35.5. The fraction of sp³-hybridized carbons (Fsp3) is 1.00. The van der Waals surface area contributed by atoms with Gasteiger partial charge in [0.2, 0.25) is 0 Å². The normalized spacial score (nSPS) is 11.0. The molecule has 0 aromatic heterocycles. The fourth-order valence-corrected chi connectivity index (χ4v) is 3.38. The van der Waals surface area contributed by atoms with Crippen LogP contribution in [0.25, 0.3) is 0 Å². The third-order valence-corrected chi connectivity index (χ3v) is 5.03. The van der Waals surface area contributed by atoms with Gasteiger partial charge in [0.1, 0.15) is 0 Å². The number of hydrogen-bond acceptors (Lipinski definition) is 0. The molecule has 0 rings (SSSR count). The lowest BCUT2D eigenvalue weighted by atomic mass is 10.0. The number of unbranched alkanes of at least 4 members (excludes halogenated alkanes) is 16. The first kappa shape index (κ1) is 26.5. The smallest absolute Gasteiger partial charge is 0.0739 e. The van der Waals surface area contributed by atoms with E-state index in [0.717, 1.165) is 12.5 Å². The van der Waals surface area contributed by atoms with Gasteiger partial charge in [0.25, 0.3) is 0 Å². The molecule has 1 nitrogen and oxygen atoms in total. The van der Waals surface area contributed by atoms with Crippen molar-refractivity contribution in [1.82, 2.24) is 0 Å². The van der Waals surface area contributed by atoms with Gasteiger partial charge in [-0.05, 0) is 18.8 Å². The van der Waals surface area contributed by atoms with Crippen LogP contribution >= 0.6 is 0 Å². The topological polar surface area (TPSA) is 27.6 Å². The monoisotopic (exact) mass is 361 g/mol. The van der Waals surface area contributed by atoms with Crippen LogP contribution in [-0.4, -0.2) is 6.54 Å². The zero-order valence-electron chi connectivity index (χ0n) is 17.1. The van der Waals surface area contributed by atoms with Gasteiger partial charge in [-0.15, -0.1) is 0 Å². The first-order valence-electron chi connectivity index (χ1n) is 11.1. The third kappa shape index (κ3) is 24.5. The van der Waals surface area contributed by atoms with E-state index >= 15 is 0 Å². The van der Waals surface area contributed by atoms with E-state index in [9.17, 15) is 0 Å². The molecule has 0 aliphatic carbocycles. The summed E-state index contributed by atoms with van der Waals surface area (Å²) in [6.45, 7) is 5.80. The quantitative estimate of drug-likeness (QED) is 0.338. The molecule has 0 aliphatic rings. The molecule has 2 heteroatoms. The third-order valence-electron chi connectivity index (χ3n) is 5.03. The predicted octanol–water partition coefficient (Wildman–Crippen LogP) is 3.91. The van der Waals surface area contributed by atoms with Crippen LogP contribution in [0.15, 0.2) is 0 Å². The molecule has 0 unspecified atom stereocenters. The summed E-state index contributed by atoms with van der Waals surface area (Å²) in [5, 5.41) is 0. The Kier molecular flexibility index (Phi) is 25.7. The molecule has 0 aliphatic heterocycles. The minimum atomic E-state index is 0. The molecule has 0 saturated heterocycles. The van der Waals surface area contributed by atoms with Gasteiger partial charge in [-0.25, -0.2) is 0 Å². The molecule has 148 valence electrons. The molecular formula is C22H48ClN. The summed E-state index contributed by atoms with van der Waals surface area (Å²) < 4.78 is 0. The number of quaternary nitrogens is 1. The molecule has 3 N–H and O–H groups in total. The van der Waals surface area contributed by atoms with Crippen molar-refractivity contribution in [2.75, 3.05) is 6.54 Å². The molecule has 0 heterocycles. The zero-order chi connectivity index (χ0) is 17.0. The van der Waals surface area contributed by atoms with E-state index in [1.165, 1.54) is 116 Å². The number of halogens is 1. The highest BCUT2D eigenvalue weighted by molar-refractivity contribution is 4.51. The van der Waals surface area contributed by atoms with Crippen molar-refractivity contribution in [3.63, 3.8) is 0 Å². The number of rotatable bonds is 19. The molecule has 0 fully saturated rings. The average Bonchev–Trinajstić information content (AvgIpc) is 2.53. The minimum absolute atomic E-state index is 0. The van der Waals surface area contributed by atoms with E-state index in [0.29, 0.717) is 0 Å². The maximum absolute atomic E-state index is 3.90. The second kappa shape index (κ2) is 23.2. The van der Waals surface area contributed by atoms with Gasteiger partial charge in [-0.3, -0.25) is 0 Å². The summed E-state index contributed by atoms with van der Waals surface area (Å²) in [7, 11) is 0. The van der Waals surface area contributed by atoms with Crippen LogP contribution < -0.4 is 18.1 Å². The lowest BCUT2D eigenvalue weighted by molar-refractivity contribution is -0.368. The van der Waals surface area contributed by atoms with Crippen LogP contribution in [0.2, 0.25) is 0 Å². The maximum atomic E-state index is 3.90. The summed E-state index contributed by atoms with van der Waals surface area (Å²) in [4.78, 5) is 0. The zero-order valence-corrected chi connectivity index (χ0v) is 17.9. The van der Waals surface area contributed by atoms with E-state index in [4.69, 9.17) is 0 Å². The van der Waals surface area contributed by atoms with E-state index in [2.05, 4.69) is 19.6 Å². The summed E-state index contributed by atoms with van der Waals surface area (Å²) >= 11 is 0. The Morgan fingerprint density at radius 2 is 0.708 bits per heavy atom. The first-order chi connectivity index (χ1) is 11.3. The maximum Gasteiger partial charge on any atom is 0.0739 e. The highest BCUT2D eigenvalue weighted by Crippen LogP contribution is 2.15. The summed E-state index contributed by atoms with van der Waals surface area (Å²) in [5.41, 5.74) is 3.90. The van der Waals surface area contributed by atoms with Crippen LogP contribution in [0.1, 0.15) is 129 Å². The van der Waals surface area contributed by atoms with Crippen molar-refractivity contribution in [2.24, 2.45) is 5.92 Å². The second-order valence-electron chi connectivity index (χ2n) is 8.05. The minimum Gasteiger partial charge on any atom is -1.00 e. The van der Waals surface area contributed by atoms with Crippen molar-refractivity contribution in [2.45, 2.75) is 129 Å². The van der Waals surface area contributed by atoms with Crippen LogP contribution in [0, 0.1) is 5.92 Å². The van der Waals surface area contributed by atoms with Crippen LogP contribution in [0.4, 0.5) is 0 Å². The van der Waals surface area contributed by atoms with Gasteiger partial charge in [0.05, 0.1) is 6.54 Å². The summed E-state index contributed by atoms with van der Waals surface area (Å²) in [5.74, 6) is 0.897. The van der Waals surface area contributed by atoms with E-state index < -0.39 is 0 Å². The second-order valence-corrected chi connectivity index (χ2v) is 8.05. The standard InChI is InChI=1S/C22H47N.ClH/c1-22(2)20-18-16-14-12-10-8-6-4-3-5-7-9-11-13-15-17-19-21-23;/h22H,3-21,23H2,1-2H3;1H. The molecular weight excluding hydrogens is 314 g/mol. The van der Waals surface area contributed by atoms with Gasteiger partial charge < -0.3 is 18.1 Å². The lowest BCUT2D eigenvalue weighted by Gasteiger charge is -2.05. The van der Waals surface area contributed by atoms with Crippen molar-refractivity contribution in [3.8, 4) is 0 Å². The Labute approximate surface area is 160 Å². The molecule has 0 bridgehead atoms. The molecule has 24 heavy (non-hydrogen) atoms. The Morgan fingerprint density at radius 3 is 0.958 bits per heavy atom. The lowest BCUT2D eigenvalue weighted by Crippen LogP contribution is -3.00. The van der Waals surface area contributed by atoms with E-state index in [1.807, 2.05) is 0 Å². The largest absolute Gasteiger partial charge is 1.00 e. The van der Waals surface area contributed by atoms with Gasteiger partial charge in [-0.1, -0.05) is 117 Å². The molecule has 0 aromatic carbocycles. The summed E-state index contributed by atoms with van der Waals surface area (Å²) in [6.07, 6.45) is 26.2. The molecule has 0 aromatic rings. The Bertz CT molecular complexity index is 206. The highest BCUT2D eigenvalue weighted by Gasteiger charge is 1.96. The number of hydrogen-bond donors (Lipinski definition) is 1. The van der Waals surface area contributed by atoms with Gasteiger partial charge >= 0.3 is 0 Å². The summed E-state index contributed by atoms with van der Waals surface area (Å²) in [6, 6.07) is 0. The fourth-order valence-electron chi connectivity index (χ4n) is 3.38. The average molecular weight is 362 g/mol. The van der Waals surface area contributed by atoms with Crippen molar-refractivity contribution < 1.29 is 18.1 Å². The Hall–Kier alpha value is 0.250. The van der Waals surface area contributed by atoms with Gasteiger partial charge in [0.15, 0.2) is 0 Å². The van der Waals surface area contributed by atoms with Crippen molar-refractivity contribution in [3.05, 3.63) is 0 Å². The predicted molar refractivity (Wildman–Crippen MR) is 106 cm³/mol. The SMILES string of the molecule is CC(C)CCCCCCCCCCCCCCCCCCC[NH3+].[Cl-]. The molecule has 0 amide bonds. The van der Waals surface area contributed by atoms with Crippen LogP contribution in [0.5, 0.6) is 0 Å². The van der Waals surface area contributed by atoms with E-state index in [1.54, 1.807) is 0 Å². The molecule has 0 spiro atoms.